The van der Waals surface area contributed by atoms with Crippen LogP contribution in [0.2, 0.25) is 0 Å². The first-order valence-electron chi connectivity index (χ1n) is 3.84. The molecule has 0 spiro atoms. The van der Waals surface area contributed by atoms with Crippen LogP contribution in [0.4, 0.5) is 20.7 Å². The summed E-state index contributed by atoms with van der Waals surface area (Å²) in [6.07, 6.45) is -1.24. The van der Waals surface area contributed by atoms with E-state index in [4.69, 9.17) is 0 Å². The van der Waals surface area contributed by atoms with Gasteiger partial charge in [-0.3, -0.25) is 10.1 Å². The van der Waals surface area contributed by atoms with Gasteiger partial charge in [-0.1, -0.05) is 10.5 Å². The first-order valence-corrected chi connectivity index (χ1v) is 3.84. The minimum Gasteiger partial charge on any atom is -0.451 e. The molecule has 0 saturated carbocycles. The third-order valence-electron chi connectivity index (χ3n) is 1.60. The van der Waals surface area contributed by atoms with Crippen molar-refractivity contribution in [3.8, 4) is 0 Å². The van der Waals surface area contributed by atoms with Crippen LogP contribution in [0.3, 0.4) is 0 Å². The van der Waals surface area contributed by atoms with E-state index in [-0.39, 0.29) is 16.5 Å². The highest BCUT2D eigenvalue weighted by molar-refractivity contribution is 5.85. The van der Waals surface area contributed by atoms with E-state index in [0.717, 1.165) is 13.2 Å². The second-order valence-corrected chi connectivity index (χ2v) is 2.53. The fourth-order valence-corrected chi connectivity index (χ4v) is 0.914. The third-order valence-corrected chi connectivity index (χ3v) is 1.60. The predicted molar refractivity (Wildman–Crippen MR) is 49.1 cm³/mol. The first kappa shape index (κ1) is 10.9. The van der Waals surface area contributed by atoms with Gasteiger partial charge in [-0.15, -0.1) is 5.12 Å². The van der Waals surface area contributed by atoms with E-state index in [1.54, 1.807) is 0 Å². The van der Waals surface area contributed by atoms with Gasteiger partial charge in [0.1, 0.15) is 0 Å². The summed E-state index contributed by atoms with van der Waals surface area (Å²) in [6, 6.07) is 4.60. The summed E-state index contributed by atoms with van der Waals surface area (Å²) >= 11 is 0. The van der Waals surface area contributed by atoms with Crippen LogP contribution in [0.15, 0.2) is 24.3 Å². The Kier molecular flexibility index (Phi) is 3.17. The normalized spacial score (nSPS) is 9.47. The number of nitrogens with zero attached hydrogens (tertiary/aromatic N) is 2. The Bertz CT molecular complexity index is 396. The van der Waals surface area contributed by atoms with E-state index in [1.165, 1.54) is 18.2 Å². The number of methoxy groups -OCH3 is 1. The SMILES string of the molecule is COC(=O)N(F)c1cccc([N+](=O)[O-])c1. The molecule has 0 aromatic heterocycles. The Morgan fingerprint density at radius 1 is 1.60 bits per heavy atom. The minimum atomic E-state index is -1.24. The average molecular weight is 214 g/mol. The Morgan fingerprint density at radius 3 is 2.80 bits per heavy atom. The Morgan fingerprint density at radius 2 is 2.27 bits per heavy atom. The Balaban J connectivity index is 3.00. The second kappa shape index (κ2) is 4.36. The highest BCUT2D eigenvalue weighted by Crippen LogP contribution is 2.21. The number of halogens is 1. The molecule has 1 aromatic carbocycles. The number of hydrogen-bond donors (Lipinski definition) is 0. The first-order chi connectivity index (χ1) is 7.06. The van der Waals surface area contributed by atoms with Crippen molar-refractivity contribution in [2.24, 2.45) is 0 Å². The second-order valence-electron chi connectivity index (χ2n) is 2.53. The van der Waals surface area contributed by atoms with Crippen molar-refractivity contribution >= 4 is 17.5 Å². The maximum Gasteiger partial charge on any atom is 0.442 e. The summed E-state index contributed by atoms with van der Waals surface area (Å²) in [5.74, 6) is 0. The number of hydrogen-bond acceptors (Lipinski definition) is 4. The molecule has 0 N–H and O–H groups in total. The molecule has 6 nitrogen and oxygen atoms in total. The molecule has 0 aliphatic rings. The number of non-ortho nitro benzene ring substituents is 1. The number of carbonyl (C=O) groups is 1. The molecule has 1 rings (SSSR count). The number of benzene rings is 1. The molecule has 1 aromatic rings. The number of carbonyl (C=O) groups excluding carboxylic acids is 1. The van der Waals surface area contributed by atoms with Crippen molar-refractivity contribution in [1.82, 2.24) is 0 Å². The molecule has 0 heterocycles. The van der Waals surface area contributed by atoms with Crippen molar-refractivity contribution in [1.29, 1.82) is 0 Å². The topological polar surface area (TPSA) is 72.7 Å². The summed E-state index contributed by atoms with van der Waals surface area (Å²) < 4.78 is 17.2. The van der Waals surface area contributed by atoms with Gasteiger partial charge in [-0.2, -0.15) is 0 Å². The van der Waals surface area contributed by atoms with Crippen LogP contribution in [0.1, 0.15) is 0 Å². The third kappa shape index (κ3) is 2.39. The van der Waals surface area contributed by atoms with Gasteiger partial charge in [0.2, 0.25) is 0 Å². The summed E-state index contributed by atoms with van der Waals surface area (Å²) in [6.45, 7) is 0. The molecule has 15 heavy (non-hydrogen) atoms. The molecule has 1 amide bonds. The zero-order valence-corrected chi connectivity index (χ0v) is 7.71. The smallest absolute Gasteiger partial charge is 0.442 e. The highest BCUT2D eigenvalue weighted by Gasteiger charge is 2.17. The fraction of sp³-hybridized carbons (Fsp3) is 0.125. The molecule has 7 heteroatoms. The number of nitro benzene ring substituents is 1. The molecule has 80 valence electrons. The van der Waals surface area contributed by atoms with Gasteiger partial charge >= 0.3 is 6.09 Å². The molecular formula is C8H7FN2O4. The number of nitro groups is 1. The van der Waals surface area contributed by atoms with Gasteiger partial charge < -0.3 is 4.74 Å². The summed E-state index contributed by atoms with van der Waals surface area (Å²) in [5, 5.41) is 10.1. The molecule has 0 aliphatic heterocycles. The average Bonchev–Trinajstić information content (AvgIpc) is 2.27. The number of anilines is 1. The van der Waals surface area contributed by atoms with E-state index in [2.05, 4.69) is 4.74 Å². The van der Waals surface area contributed by atoms with E-state index in [9.17, 15) is 19.4 Å². The van der Waals surface area contributed by atoms with Crippen LogP contribution in [0.5, 0.6) is 0 Å². The van der Waals surface area contributed by atoms with Gasteiger partial charge in [0.05, 0.1) is 17.7 Å². The van der Waals surface area contributed by atoms with Gasteiger partial charge in [0, 0.05) is 12.1 Å². The predicted octanol–water partition coefficient (Wildman–Crippen LogP) is 2.05. The van der Waals surface area contributed by atoms with Crippen LogP contribution in [-0.4, -0.2) is 18.1 Å². The molecule has 0 radical (unpaired) electrons. The molecule has 0 fully saturated rings. The lowest BCUT2D eigenvalue weighted by Gasteiger charge is -2.09. The summed E-state index contributed by atoms with van der Waals surface area (Å²) in [4.78, 5) is 20.4. The quantitative estimate of drug-likeness (QED) is 0.429. The van der Waals surface area contributed by atoms with Crippen molar-refractivity contribution in [3.05, 3.63) is 34.4 Å². The van der Waals surface area contributed by atoms with Gasteiger partial charge in [-0.05, 0) is 6.07 Å². The molecule has 0 aliphatic carbocycles. The number of rotatable bonds is 2. The van der Waals surface area contributed by atoms with Crippen molar-refractivity contribution in [2.75, 3.05) is 12.2 Å². The zero-order chi connectivity index (χ0) is 11.4. The van der Waals surface area contributed by atoms with E-state index >= 15 is 0 Å². The van der Waals surface area contributed by atoms with Crippen LogP contribution in [-0.2, 0) is 4.74 Å². The standard InChI is InChI=1S/C8H7FN2O4/c1-15-8(12)10(9)6-3-2-4-7(5-6)11(13)14/h2-5H,1H3. The lowest BCUT2D eigenvalue weighted by Crippen LogP contribution is -2.21. The minimum absolute atomic E-state index is 0.254. The lowest BCUT2D eigenvalue weighted by atomic mass is 10.3. The fourth-order valence-electron chi connectivity index (χ4n) is 0.914. The van der Waals surface area contributed by atoms with Crippen molar-refractivity contribution in [3.63, 3.8) is 0 Å². The van der Waals surface area contributed by atoms with E-state index < -0.39 is 11.0 Å². The monoisotopic (exact) mass is 214 g/mol. The Hall–Kier alpha value is -2.18. The largest absolute Gasteiger partial charge is 0.451 e. The lowest BCUT2D eigenvalue weighted by molar-refractivity contribution is -0.384. The maximum atomic E-state index is 13.1. The van der Waals surface area contributed by atoms with E-state index in [1.807, 2.05) is 0 Å². The van der Waals surface area contributed by atoms with Crippen molar-refractivity contribution < 1.29 is 18.9 Å². The van der Waals surface area contributed by atoms with E-state index in [0.29, 0.717) is 0 Å². The maximum absolute atomic E-state index is 13.1. The number of ether oxygens (including phenoxy) is 1. The van der Waals surface area contributed by atoms with Crippen LogP contribution in [0, 0.1) is 10.1 Å². The van der Waals surface area contributed by atoms with Crippen LogP contribution >= 0.6 is 0 Å². The number of amides is 1. The molecular weight excluding hydrogens is 207 g/mol. The van der Waals surface area contributed by atoms with Crippen molar-refractivity contribution in [2.45, 2.75) is 0 Å². The summed E-state index contributed by atoms with van der Waals surface area (Å²) in [5.41, 5.74) is -0.560. The molecule has 0 unspecified atom stereocenters. The van der Waals surface area contributed by atoms with Gasteiger partial charge in [-0.25, -0.2) is 4.79 Å². The zero-order valence-electron chi connectivity index (χ0n) is 7.71. The Labute approximate surface area is 83.9 Å². The van der Waals surface area contributed by atoms with Crippen LogP contribution in [0.25, 0.3) is 0 Å². The molecule has 0 atom stereocenters. The molecule has 0 saturated heterocycles. The highest BCUT2D eigenvalue weighted by atomic mass is 19.2. The molecule has 0 bridgehead atoms. The van der Waals surface area contributed by atoms with Gasteiger partial charge in [0.15, 0.2) is 0 Å². The van der Waals surface area contributed by atoms with Gasteiger partial charge in [0.25, 0.3) is 5.69 Å². The summed E-state index contributed by atoms with van der Waals surface area (Å²) in [7, 11) is 1.01. The van der Waals surface area contributed by atoms with Crippen LogP contribution < -0.4 is 5.12 Å².